The highest BCUT2D eigenvalue weighted by Crippen LogP contribution is 2.35. The second kappa shape index (κ2) is 9.51. The van der Waals surface area contributed by atoms with Gasteiger partial charge in [0.2, 0.25) is 5.91 Å². The predicted octanol–water partition coefficient (Wildman–Crippen LogP) is 4.86. The van der Waals surface area contributed by atoms with E-state index in [1.54, 1.807) is 36.4 Å². The van der Waals surface area contributed by atoms with Crippen LogP contribution < -0.4 is 5.32 Å². The molecule has 4 rings (SSSR count). The number of nitrogens with one attached hydrogen (secondary N) is 1. The van der Waals surface area contributed by atoms with Crippen LogP contribution in [0.25, 0.3) is 0 Å². The van der Waals surface area contributed by atoms with Crippen molar-refractivity contribution in [3.8, 4) is 0 Å². The standard InChI is InChI=1S/C23H24ClFN4OS/c1-2-29-13-11-23(12-14-29)27-21(16-3-7-18(25)8-4-16)22(28-23)31-15-20(30)26-19-9-5-17(24)6-10-19/h3-10H,2,11-15H2,1H3,(H,26,30). The molecule has 1 N–H and O–H groups in total. The smallest absolute Gasteiger partial charge is 0.234 e. The lowest BCUT2D eigenvalue weighted by atomic mass is 9.98. The lowest BCUT2D eigenvalue weighted by molar-refractivity contribution is -0.113. The van der Waals surface area contributed by atoms with Gasteiger partial charge in [0.15, 0.2) is 5.66 Å². The normalized spacial score (nSPS) is 18.0. The van der Waals surface area contributed by atoms with E-state index in [0.717, 1.165) is 48.8 Å². The SMILES string of the molecule is CCN1CCC2(CC1)N=C(SCC(=O)Nc1ccc(Cl)cc1)C(c1ccc(F)cc1)=N2. The molecule has 2 heterocycles. The highest BCUT2D eigenvalue weighted by molar-refractivity contribution is 8.16. The van der Waals surface area contributed by atoms with E-state index in [-0.39, 0.29) is 17.5 Å². The van der Waals surface area contributed by atoms with E-state index in [2.05, 4.69) is 17.1 Å². The Morgan fingerprint density at radius 2 is 1.81 bits per heavy atom. The van der Waals surface area contributed by atoms with E-state index < -0.39 is 5.66 Å². The first-order chi connectivity index (χ1) is 15.0. The van der Waals surface area contributed by atoms with E-state index in [9.17, 15) is 9.18 Å². The predicted molar refractivity (Wildman–Crippen MR) is 127 cm³/mol. The van der Waals surface area contributed by atoms with Gasteiger partial charge in [-0.1, -0.05) is 30.3 Å². The Hall–Kier alpha value is -2.22. The number of piperidine rings is 1. The van der Waals surface area contributed by atoms with E-state index >= 15 is 0 Å². The number of likely N-dealkylation sites (tertiary alicyclic amines) is 1. The van der Waals surface area contributed by atoms with Gasteiger partial charge in [0.1, 0.15) is 10.9 Å². The van der Waals surface area contributed by atoms with Crippen molar-refractivity contribution < 1.29 is 9.18 Å². The number of hydrogen-bond donors (Lipinski definition) is 1. The summed E-state index contributed by atoms with van der Waals surface area (Å²) < 4.78 is 13.4. The molecule has 1 spiro atoms. The number of thioether (sulfide) groups is 1. The lowest BCUT2D eigenvalue weighted by Gasteiger charge is -2.34. The third-order valence-corrected chi connectivity index (χ3v) is 6.74. The highest BCUT2D eigenvalue weighted by Gasteiger charge is 2.39. The molecule has 162 valence electrons. The van der Waals surface area contributed by atoms with Gasteiger partial charge < -0.3 is 10.2 Å². The second-order valence-corrected chi connectivity index (χ2v) is 9.05. The molecular formula is C23H24ClFN4OS. The summed E-state index contributed by atoms with van der Waals surface area (Å²) in [5.74, 6) is -0.212. The molecule has 1 saturated heterocycles. The minimum Gasteiger partial charge on any atom is -0.325 e. The summed E-state index contributed by atoms with van der Waals surface area (Å²) in [7, 11) is 0. The van der Waals surface area contributed by atoms with E-state index in [4.69, 9.17) is 21.6 Å². The van der Waals surface area contributed by atoms with Crippen LogP contribution in [0.3, 0.4) is 0 Å². The van der Waals surface area contributed by atoms with E-state index in [1.807, 2.05) is 0 Å². The van der Waals surface area contributed by atoms with Crippen molar-refractivity contribution in [1.29, 1.82) is 0 Å². The molecule has 8 heteroatoms. The maximum absolute atomic E-state index is 13.4. The summed E-state index contributed by atoms with van der Waals surface area (Å²) in [6.45, 7) is 5.05. The fourth-order valence-electron chi connectivity index (χ4n) is 3.73. The molecular weight excluding hydrogens is 435 g/mol. The number of benzene rings is 2. The maximum atomic E-state index is 13.4. The van der Waals surface area contributed by atoms with Gasteiger partial charge in [-0.05, 0) is 55.1 Å². The Balaban J connectivity index is 1.49. The second-order valence-electron chi connectivity index (χ2n) is 7.64. The average molecular weight is 459 g/mol. The molecule has 1 amide bonds. The Kier molecular flexibility index (Phi) is 6.74. The Morgan fingerprint density at radius 3 is 2.45 bits per heavy atom. The van der Waals surface area contributed by atoms with Gasteiger partial charge in [-0.15, -0.1) is 0 Å². The van der Waals surface area contributed by atoms with Crippen LogP contribution in [0.2, 0.25) is 5.02 Å². The molecule has 0 radical (unpaired) electrons. The van der Waals surface area contributed by atoms with Crippen LogP contribution in [0.1, 0.15) is 25.3 Å². The number of amides is 1. The maximum Gasteiger partial charge on any atom is 0.234 e. The Morgan fingerprint density at radius 1 is 1.13 bits per heavy atom. The first kappa shape index (κ1) is 22.0. The third kappa shape index (κ3) is 5.34. The number of anilines is 1. The van der Waals surface area contributed by atoms with Crippen LogP contribution >= 0.6 is 23.4 Å². The first-order valence-electron chi connectivity index (χ1n) is 10.3. The van der Waals surface area contributed by atoms with E-state index in [0.29, 0.717) is 10.7 Å². The van der Waals surface area contributed by atoms with Crippen molar-refractivity contribution in [3.05, 3.63) is 64.9 Å². The fraction of sp³-hybridized carbons (Fsp3) is 0.348. The molecule has 2 aliphatic rings. The zero-order valence-electron chi connectivity index (χ0n) is 17.3. The quantitative estimate of drug-likeness (QED) is 0.695. The van der Waals surface area contributed by atoms with Crippen molar-refractivity contribution in [2.75, 3.05) is 30.7 Å². The van der Waals surface area contributed by atoms with E-state index in [1.165, 1.54) is 23.9 Å². The molecule has 0 atom stereocenters. The van der Waals surface area contributed by atoms with Crippen molar-refractivity contribution >= 4 is 45.7 Å². The molecule has 2 aromatic carbocycles. The van der Waals surface area contributed by atoms with Gasteiger partial charge >= 0.3 is 0 Å². The van der Waals surface area contributed by atoms with Crippen LogP contribution in [0.4, 0.5) is 10.1 Å². The number of rotatable bonds is 5. The van der Waals surface area contributed by atoms with Crippen molar-refractivity contribution in [2.24, 2.45) is 9.98 Å². The van der Waals surface area contributed by atoms with Gasteiger partial charge in [0, 0.05) is 42.2 Å². The van der Waals surface area contributed by atoms with Crippen LogP contribution in [-0.4, -0.2) is 52.6 Å². The number of aliphatic imine (C=N–C) groups is 2. The van der Waals surface area contributed by atoms with Gasteiger partial charge in [0.05, 0.1) is 11.5 Å². The molecule has 0 saturated carbocycles. The third-order valence-electron chi connectivity index (χ3n) is 5.52. The number of halogens is 2. The number of carbonyl (C=O) groups is 1. The molecule has 5 nitrogen and oxygen atoms in total. The average Bonchev–Trinajstić information content (AvgIpc) is 3.13. The zero-order chi connectivity index (χ0) is 21.8. The lowest BCUT2D eigenvalue weighted by Crippen LogP contribution is -2.41. The van der Waals surface area contributed by atoms with Crippen LogP contribution in [0.15, 0.2) is 58.5 Å². The minimum atomic E-state index is -0.482. The summed E-state index contributed by atoms with van der Waals surface area (Å²) in [6.07, 6.45) is 1.68. The minimum absolute atomic E-state index is 0.129. The van der Waals surface area contributed by atoms with Gasteiger partial charge in [-0.3, -0.25) is 9.79 Å². The van der Waals surface area contributed by atoms with Crippen molar-refractivity contribution in [1.82, 2.24) is 4.90 Å². The zero-order valence-corrected chi connectivity index (χ0v) is 18.8. The first-order valence-corrected chi connectivity index (χ1v) is 11.7. The van der Waals surface area contributed by atoms with Crippen LogP contribution in [0, 0.1) is 5.82 Å². The van der Waals surface area contributed by atoms with Gasteiger partial charge in [-0.2, -0.15) is 0 Å². The molecule has 1 fully saturated rings. The molecule has 0 aliphatic carbocycles. The number of nitrogens with zero attached hydrogens (tertiary/aromatic N) is 3. The molecule has 0 bridgehead atoms. The molecule has 2 aromatic rings. The molecule has 0 aromatic heterocycles. The Bertz CT molecular complexity index is 999. The molecule has 2 aliphatic heterocycles. The summed E-state index contributed by atoms with van der Waals surface area (Å²) in [5, 5.41) is 4.23. The summed E-state index contributed by atoms with van der Waals surface area (Å²) in [5.41, 5.74) is 1.78. The van der Waals surface area contributed by atoms with Gasteiger partial charge in [-0.25, -0.2) is 9.38 Å². The van der Waals surface area contributed by atoms with Crippen molar-refractivity contribution in [3.63, 3.8) is 0 Å². The molecule has 0 unspecified atom stereocenters. The number of hydrogen-bond acceptors (Lipinski definition) is 5. The van der Waals surface area contributed by atoms with Crippen LogP contribution in [0.5, 0.6) is 0 Å². The highest BCUT2D eigenvalue weighted by atomic mass is 35.5. The largest absolute Gasteiger partial charge is 0.325 e. The number of carbonyl (C=O) groups excluding carboxylic acids is 1. The monoisotopic (exact) mass is 458 g/mol. The summed E-state index contributed by atoms with van der Waals surface area (Å²) >= 11 is 7.27. The fourth-order valence-corrected chi connectivity index (χ4v) is 4.74. The Labute approximate surface area is 190 Å². The topological polar surface area (TPSA) is 57.1 Å². The van der Waals surface area contributed by atoms with Gasteiger partial charge in [0.25, 0.3) is 0 Å². The van der Waals surface area contributed by atoms with Crippen molar-refractivity contribution in [2.45, 2.75) is 25.4 Å². The summed E-state index contributed by atoms with van der Waals surface area (Å²) in [4.78, 5) is 24.8. The summed E-state index contributed by atoms with van der Waals surface area (Å²) in [6, 6.07) is 13.3. The molecule has 31 heavy (non-hydrogen) atoms. The van der Waals surface area contributed by atoms with Crippen LogP contribution in [-0.2, 0) is 4.79 Å².